The monoisotopic (exact) mass is 273 g/mol. The van der Waals surface area contributed by atoms with E-state index < -0.39 is 0 Å². The summed E-state index contributed by atoms with van der Waals surface area (Å²) in [5, 5.41) is 4.01. The number of likely N-dealkylation sites (N-methyl/N-ethyl adjacent to an activating group) is 1. The van der Waals surface area contributed by atoms with E-state index in [-0.39, 0.29) is 6.10 Å². The highest BCUT2D eigenvalue weighted by Crippen LogP contribution is 2.28. The zero-order chi connectivity index (χ0) is 13.9. The SMILES string of the molecule is CCCc1nc(N(C)CC2Cc3ccccc3O2)no1. The van der Waals surface area contributed by atoms with Gasteiger partial charge in [-0.2, -0.15) is 4.98 Å². The van der Waals surface area contributed by atoms with Crippen LogP contribution in [0.25, 0.3) is 0 Å². The van der Waals surface area contributed by atoms with E-state index in [1.807, 2.05) is 30.1 Å². The summed E-state index contributed by atoms with van der Waals surface area (Å²) in [5.74, 6) is 2.32. The summed E-state index contributed by atoms with van der Waals surface area (Å²) in [6.45, 7) is 2.84. The van der Waals surface area contributed by atoms with Crippen LogP contribution in [0.1, 0.15) is 24.8 Å². The molecule has 106 valence electrons. The van der Waals surface area contributed by atoms with Crippen molar-refractivity contribution in [1.82, 2.24) is 10.1 Å². The Hall–Kier alpha value is -2.04. The molecule has 5 heteroatoms. The molecule has 2 aromatic rings. The molecule has 0 spiro atoms. The second-order valence-corrected chi connectivity index (χ2v) is 5.17. The van der Waals surface area contributed by atoms with Gasteiger partial charge in [0, 0.05) is 19.9 Å². The number of aryl methyl sites for hydroxylation is 1. The fourth-order valence-corrected chi connectivity index (χ4v) is 2.46. The van der Waals surface area contributed by atoms with E-state index in [2.05, 4.69) is 23.1 Å². The number of rotatable bonds is 5. The maximum atomic E-state index is 5.93. The van der Waals surface area contributed by atoms with Crippen LogP contribution in [0, 0.1) is 0 Å². The third-order valence-corrected chi connectivity index (χ3v) is 3.45. The average Bonchev–Trinajstić information content (AvgIpc) is 3.04. The molecule has 0 bridgehead atoms. The summed E-state index contributed by atoms with van der Waals surface area (Å²) in [6, 6.07) is 8.18. The van der Waals surface area contributed by atoms with Crippen LogP contribution in [0.5, 0.6) is 5.75 Å². The van der Waals surface area contributed by atoms with E-state index >= 15 is 0 Å². The molecule has 0 saturated carbocycles. The van der Waals surface area contributed by atoms with Crippen LogP contribution >= 0.6 is 0 Å². The maximum Gasteiger partial charge on any atom is 0.265 e. The van der Waals surface area contributed by atoms with Crippen molar-refractivity contribution in [3.8, 4) is 5.75 Å². The number of benzene rings is 1. The van der Waals surface area contributed by atoms with Gasteiger partial charge < -0.3 is 14.2 Å². The lowest BCUT2D eigenvalue weighted by atomic mass is 10.1. The standard InChI is InChI=1S/C15H19N3O2/c1-3-6-14-16-15(17-20-14)18(2)10-12-9-11-7-4-5-8-13(11)19-12/h4-5,7-8,12H,3,6,9-10H2,1-2H3. The van der Waals surface area contributed by atoms with Crippen LogP contribution in [0.3, 0.4) is 0 Å². The molecule has 2 heterocycles. The summed E-state index contributed by atoms with van der Waals surface area (Å²) in [7, 11) is 1.97. The molecule has 0 saturated heterocycles. The van der Waals surface area contributed by atoms with E-state index in [1.165, 1.54) is 5.56 Å². The lowest BCUT2D eigenvalue weighted by Crippen LogP contribution is -2.32. The van der Waals surface area contributed by atoms with Gasteiger partial charge in [-0.05, 0) is 23.2 Å². The third kappa shape index (κ3) is 2.61. The first-order valence-corrected chi connectivity index (χ1v) is 7.04. The molecule has 5 nitrogen and oxygen atoms in total. The van der Waals surface area contributed by atoms with Gasteiger partial charge in [0.1, 0.15) is 11.9 Å². The van der Waals surface area contributed by atoms with Crippen molar-refractivity contribution in [2.75, 3.05) is 18.5 Å². The van der Waals surface area contributed by atoms with Crippen LogP contribution in [0.2, 0.25) is 0 Å². The van der Waals surface area contributed by atoms with Crippen molar-refractivity contribution >= 4 is 5.95 Å². The average molecular weight is 273 g/mol. The summed E-state index contributed by atoms with van der Waals surface area (Å²) >= 11 is 0. The molecule has 1 aliphatic rings. The minimum absolute atomic E-state index is 0.144. The Morgan fingerprint density at radius 1 is 1.35 bits per heavy atom. The van der Waals surface area contributed by atoms with Crippen molar-refractivity contribution in [3.63, 3.8) is 0 Å². The first-order valence-electron chi connectivity index (χ1n) is 7.04. The van der Waals surface area contributed by atoms with E-state index in [4.69, 9.17) is 9.26 Å². The highest BCUT2D eigenvalue weighted by atomic mass is 16.5. The fourth-order valence-electron chi connectivity index (χ4n) is 2.46. The lowest BCUT2D eigenvalue weighted by Gasteiger charge is -2.18. The Kier molecular flexibility index (Phi) is 3.58. The number of ether oxygens (including phenoxy) is 1. The first-order chi connectivity index (χ1) is 9.76. The molecule has 0 radical (unpaired) electrons. The minimum atomic E-state index is 0.144. The van der Waals surface area contributed by atoms with E-state index in [1.54, 1.807) is 0 Å². The quantitative estimate of drug-likeness (QED) is 0.837. The molecular formula is C15H19N3O2. The fraction of sp³-hybridized carbons (Fsp3) is 0.467. The Bertz CT molecular complexity index is 557. The van der Waals surface area contributed by atoms with Crippen molar-refractivity contribution < 1.29 is 9.26 Å². The normalized spacial score (nSPS) is 16.8. The van der Waals surface area contributed by atoms with E-state index in [0.29, 0.717) is 11.8 Å². The zero-order valence-corrected chi connectivity index (χ0v) is 11.9. The number of aromatic nitrogens is 2. The molecule has 0 N–H and O–H groups in total. The van der Waals surface area contributed by atoms with Gasteiger partial charge in [-0.15, -0.1) is 0 Å². The minimum Gasteiger partial charge on any atom is -0.488 e. The largest absolute Gasteiger partial charge is 0.488 e. The van der Waals surface area contributed by atoms with Gasteiger partial charge >= 0.3 is 0 Å². The number of hydrogen-bond donors (Lipinski definition) is 0. The Labute approximate surface area is 118 Å². The molecule has 1 atom stereocenters. The van der Waals surface area contributed by atoms with Crippen LogP contribution in [-0.2, 0) is 12.8 Å². The summed E-state index contributed by atoms with van der Waals surface area (Å²) < 4.78 is 11.1. The van der Waals surface area contributed by atoms with Crippen LogP contribution < -0.4 is 9.64 Å². The molecule has 1 aromatic carbocycles. The highest BCUT2D eigenvalue weighted by Gasteiger charge is 2.24. The zero-order valence-electron chi connectivity index (χ0n) is 11.9. The summed E-state index contributed by atoms with van der Waals surface area (Å²) in [4.78, 5) is 6.37. The maximum absolute atomic E-state index is 5.93. The lowest BCUT2D eigenvalue weighted by molar-refractivity contribution is 0.238. The van der Waals surface area contributed by atoms with Crippen molar-refractivity contribution in [2.45, 2.75) is 32.3 Å². The number of fused-ring (bicyclic) bond motifs is 1. The summed E-state index contributed by atoms with van der Waals surface area (Å²) in [5.41, 5.74) is 1.27. The second-order valence-electron chi connectivity index (χ2n) is 5.17. The Balaban J connectivity index is 1.61. The van der Waals surface area contributed by atoms with Gasteiger partial charge in [0.15, 0.2) is 0 Å². The molecule has 0 amide bonds. The molecule has 3 rings (SSSR count). The first kappa shape index (κ1) is 13.0. The highest BCUT2D eigenvalue weighted by molar-refractivity contribution is 5.38. The third-order valence-electron chi connectivity index (χ3n) is 3.45. The van der Waals surface area contributed by atoms with Crippen LogP contribution in [0.4, 0.5) is 5.95 Å². The summed E-state index contributed by atoms with van der Waals surface area (Å²) in [6.07, 6.45) is 2.91. The van der Waals surface area contributed by atoms with Crippen LogP contribution in [0.15, 0.2) is 28.8 Å². The van der Waals surface area contributed by atoms with Crippen molar-refractivity contribution in [1.29, 1.82) is 0 Å². The molecule has 0 aliphatic carbocycles. The number of hydrogen-bond acceptors (Lipinski definition) is 5. The van der Waals surface area contributed by atoms with Crippen molar-refractivity contribution in [2.24, 2.45) is 0 Å². The van der Waals surface area contributed by atoms with Crippen LogP contribution in [-0.4, -0.2) is 29.8 Å². The van der Waals surface area contributed by atoms with Gasteiger partial charge in [-0.3, -0.25) is 0 Å². The molecular weight excluding hydrogens is 254 g/mol. The van der Waals surface area contributed by atoms with Gasteiger partial charge in [-0.25, -0.2) is 0 Å². The molecule has 1 unspecified atom stereocenters. The smallest absolute Gasteiger partial charge is 0.265 e. The predicted octanol–water partition coefficient (Wildman–Crippen LogP) is 2.46. The van der Waals surface area contributed by atoms with Gasteiger partial charge in [0.2, 0.25) is 5.89 Å². The second kappa shape index (κ2) is 5.53. The Morgan fingerprint density at radius 3 is 3.00 bits per heavy atom. The topological polar surface area (TPSA) is 51.4 Å². The van der Waals surface area contributed by atoms with Crippen molar-refractivity contribution in [3.05, 3.63) is 35.7 Å². The van der Waals surface area contributed by atoms with E-state index in [0.717, 1.165) is 31.6 Å². The Morgan fingerprint density at radius 2 is 2.20 bits per heavy atom. The molecule has 0 fully saturated rings. The van der Waals surface area contributed by atoms with E-state index in [9.17, 15) is 0 Å². The molecule has 1 aromatic heterocycles. The van der Waals surface area contributed by atoms with Gasteiger partial charge in [0.05, 0.1) is 6.54 Å². The number of nitrogens with zero attached hydrogens (tertiary/aromatic N) is 3. The number of para-hydroxylation sites is 1. The van der Waals surface area contributed by atoms with Gasteiger partial charge in [0.25, 0.3) is 5.95 Å². The van der Waals surface area contributed by atoms with Gasteiger partial charge in [-0.1, -0.05) is 25.1 Å². The molecule has 20 heavy (non-hydrogen) atoms. The predicted molar refractivity (Wildman–Crippen MR) is 76.1 cm³/mol. The number of anilines is 1. The molecule has 1 aliphatic heterocycles.